The van der Waals surface area contributed by atoms with E-state index in [1.165, 1.54) is 0 Å². The highest BCUT2D eigenvalue weighted by Gasteiger charge is 2.19. The van der Waals surface area contributed by atoms with Gasteiger partial charge in [-0.25, -0.2) is 0 Å². The number of hydrogen-bond donors (Lipinski definition) is 2. The van der Waals surface area contributed by atoms with Gasteiger partial charge in [-0.15, -0.1) is 0 Å². The fourth-order valence-corrected chi connectivity index (χ4v) is 0.689. The number of methoxy groups -OCH3 is 1. The molecule has 0 fully saturated rings. The molecule has 0 aliphatic heterocycles. The molecule has 0 saturated heterocycles. The third-order valence-corrected chi connectivity index (χ3v) is 2.02. The van der Waals surface area contributed by atoms with Crippen LogP contribution in [-0.2, 0) is 9.53 Å². The van der Waals surface area contributed by atoms with E-state index in [0.29, 0.717) is 13.0 Å². The molecular formula is C9H20N2O2. The summed E-state index contributed by atoms with van der Waals surface area (Å²) in [6.07, 6.45) is 0.652. The number of carbonyl (C=O) groups is 1. The molecule has 0 aliphatic carbocycles. The molecule has 1 unspecified atom stereocenters. The average Bonchev–Trinajstić information content (AvgIpc) is 2.13. The van der Waals surface area contributed by atoms with Crippen molar-refractivity contribution in [3.05, 3.63) is 0 Å². The molecule has 0 aliphatic rings. The Morgan fingerprint density at radius 3 is 2.54 bits per heavy atom. The molecule has 0 saturated carbocycles. The number of rotatable bonds is 5. The van der Waals surface area contributed by atoms with Crippen molar-refractivity contribution in [3.63, 3.8) is 0 Å². The van der Waals surface area contributed by atoms with E-state index in [1.54, 1.807) is 7.11 Å². The molecule has 0 aromatic heterocycles. The van der Waals surface area contributed by atoms with Gasteiger partial charge in [0.1, 0.15) is 0 Å². The van der Waals surface area contributed by atoms with E-state index in [2.05, 4.69) is 5.32 Å². The third-order valence-electron chi connectivity index (χ3n) is 2.02. The summed E-state index contributed by atoms with van der Waals surface area (Å²) in [4.78, 5) is 11.2. The molecule has 78 valence electrons. The van der Waals surface area contributed by atoms with Crippen LogP contribution in [0.15, 0.2) is 0 Å². The molecule has 4 heteroatoms. The Balaban J connectivity index is 3.83. The first-order chi connectivity index (χ1) is 5.93. The minimum absolute atomic E-state index is 0.118. The summed E-state index contributed by atoms with van der Waals surface area (Å²) in [5.41, 5.74) is 5.20. The Morgan fingerprint density at radius 2 is 2.15 bits per heavy atom. The highest BCUT2D eigenvalue weighted by atomic mass is 16.5. The van der Waals surface area contributed by atoms with E-state index < -0.39 is 6.04 Å². The van der Waals surface area contributed by atoms with E-state index in [0.717, 1.165) is 0 Å². The molecule has 0 rings (SSSR count). The van der Waals surface area contributed by atoms with Crippen LogP contribution in [0.25, 0.3) is 0 Å². The fraction of sp³-hybridized carbons (Fsp3) is 0.889. The Kier molecular flexibility index (Phi) is 4.95. The van der Waals surface area contributed by atoms with Gasteiger partial charge < -0.3 is 15.8 Å². The van der Waals surface area contributed by atoms with Gasteiger partial charge in [-0.1, -0.05) is 6.92 Å². The second kappa shape index (κ2) is 5.19. The predicted molar refractivity (Wildman–Crippen MR) is 52.4 cm³/mol. The Hall–Kier alpha value is -0.610. The summed E-state index contributed by atoms with van der Waals surface area (Å²) in [5, 5.41) is 2.74. The SMILES string of the molecule is CCC(N)C(=O)NCC(C)(C)OC. The maximum Gasteiger partial charge on any atom is 0.237 e. The molecule has 1 amide bonds. The van der Waals surface area contributed by atoms with Crippen molar-refractivity contribution in [2.45, 2.75) is 38.8 Å². The maximum atomic E-state index is 11.2. The van der Waals surface area contributed by atoms with Gasteiger partial charge in [-0.2, -0.15) is 0 Å². The summed E-state index contributed by atoms with van der Waals surface area (Å²) in [5.74, 6) is -0.118. The number of nitrogens with two attached hydrogens (primary N) is 1. The van der Waals surface area contributed by atoms with Crippen LogP contribution < -0.4 is 11.1 Å². The van der Waals surface area contributed by atoms with Crippen LogP contribution in [0, 0.1) is 0 Å². The van der Waals surface area contributed by atoms with Gasteiger partial charge in [0.25, 0.3) is 0 Å². The first kappa shape index (κ1) is 12.4. The molecular weight excluding hydrogens is 168 g/mol. The predicted octanol–water partition coefficient (Wildman–Crippen LogP) is 0.265. The number of amides is 1. The highest BCUT2D eigenvalue weighted by Crippen LogP contribution is 2.04. The Morgan fingerprint density at radius 1 is 1.62 bits per heavy atom. The summed E-state index contributed by atoms with van der Waals surface area (Å²) in [6, 6.07) is -0.410. The molecule has 0 aromatic carbocycles. The largest absolute Gasteiger partial charge is 0.377 e. The third kappa shape index (κ3) is 4.85. The van der Waals surface area contributed by atoms with Crippen LogP contribution in [-0.4, -0.2) is 31.2 Å². The molecule has 3 N–H and O–H groups in total. The molecule has 4 nitrogen and oxygen atoms in total. The van der Waals surface area contributed by atoms with E-state index >= 15 is 0 Å². The van der Waals surface area contributed by atoms with Gasteiger partial charge in [-0.3, -0.25) is 4.79 Å². The Labute approximate surface area is 79.8 Å². The van der Waals surface area contributed by atoms with Gasteiger partial charge in [0, 0.05) is 13.7 Å². The lowest BCUT2D eigenvalue weighted by Crippen LogP contribution is -2.46. The summed E-state index contributed by atoms with van der Waals surface area (Å²) >= 11 is 0. The van der Waals surface area contributed by atoms with Crippen LogP contribution in [0.2, 0.25) is 0 Å². The van der Waals surface area contributed by atoms with Gasteiger partial charge in [0.2, 0.25) is 5.91 Å². The highest BCUT2D eigenvalue weighted by molar-refractivity contribution is 5.81. The first-order valence-corrected chi connectivity index (χ1v) is 4.51. The summed E-state index contributed by atoms with van der Waals surface area (Å²) in [6.45, 7) is 6.18. The molecule has 1 atom stereocenters. The van der Waals surface area contributed by atoms with Crippen molar-refractivity contribution < 1.29 is 9.53 Å². The normalized spacial score (nSPS) is 13.9. The first-order valence-electron chi connectivity index (χ1n) is 4.51. The molecule has 0 heterocycles. The molecule has 0 spiro atoms. The number of nitrogens with one attached hydrogen (secondary N) is 1. The fourth-order valence-electron chi connectivity index (χ4n) is 0.689. The second-order valence-corrected chi connectivity index (χ2v) is 3.70. The van der Waals surface area contributed by atoms with E-state index in [1.807, 2.05) is 20.8 Å². The second-order valence-electron chi connectivity index (χ2n) is 3.70. The molecule has 0 aromatic rings. The minimum Gasteiger partial charge on any atom is -0.377 e. The summed E-state index contributed by atoms with van der Waals surface area (Å²) < 4.78 is 5.15. The number of hydrogen-bond acceptors (Lipinski definition) is 3. The smallest absolute Gasteiger partial charge is 0.237 e. The lowest BCUT2D eigenvalue weighted by atomic mass is 10.1. The summed E-state index contributed by atoms with van der Waals surface area (Å²) in [7, 11) is 1.62. The van der Waals surface area contributed by atoms with Crippen molar-refractivity contribution in [2.75, 3.05) is 13.7 Å². The zero-order valence-electron chi connectivity index (χ0n) is 8.89. The van der Waals surface area contributed by atoms with Crippen molar-refractivity contribution in [3.8, 4) is 0 Å². The number of ether oxygens (including phenoxy) is 1. The maximum absolute atomic E-state index is 11.2. The van der Waals surface area contributed by atoms with Crippen LogP contribution in [0.1, 0.15) is 27.2 Å². The molecule has 0 radical (unpaired) electrons. The van der Waals surface area contributed by atoms with Gasteiger partial charge in [0.15, 0.2) is 0 Å². The zero-order chi connectivity index (χ0) is 10.5. The minimum atomic E-state index is -0.410. The van der Waals surface area contributed by atoms with Gasteiger partial charge in [0.05, 0.1) is 11.6 Å². The molecule has 0 bridgehead atoms. The zero-order valence-corrected chi connectivity index (χ0v) is 8.89. The lowest BCUT2D eigenvalue weighted by molar-refractivity contribution is -0.123. The average molecular weight is 188 g/mol. The van der Waals surface area contributed by atoms with E-state index in [4.69, 9.17) is 10.5 Å². The lowest BCUT2D eigenvalue weighted by Gasteiger charge is -2.23. The quantitative estimate of drug-likeness (QED) is 0.650. The van der Waals surface area contributed by atoms with Crippen molar-refractivity contribution in [2.24, 2.45) is 5.73 Å². The molecule has 13 heavy (non-hydrogen) atoms. The topological polar surface area (TPSA) is 64.4 Å². The van der Waals surface area contributed by atoms with Crippen LogP contribution in [0.4, 0.5) is 0 Å². The van der Waals surface area contributed by atoms with Crippen LogP contribution in [0.3, 0.4) is 0 Å². The Bertz CT molecular complexity index is 169. The monoisotopic (exact) mass is 188 g/mol. The van der Waals surface area contributed by atoms with E-state index in [-0.39, 0.29) is 11.5 Å². The standard InChI is InChI=1S/C9H20N2O2/c1-5-7(10)8(12)11-6-9(2,3)13-4/h7H,5-6,10H2,1-4H3,(H,11,12). The van der Waals surface area contributed by atoms with Gasteiger partial charge in [-0.05, 0) is 20.3 Å². The van der Waals surface area contributed by atoms with Crippen molar-refractivity contribution >= 4 is 5.91 Å². The van der Waals surface area contributed by atoms with Crippen LogP contribution in [0.5, 0.6) is 0 Å². The van der Waals surface area contributed by atoms with E-state index in [9.17, 15) is 4.79 Å². The van der Waals surface area contributed by atoms with Crippen molar-refractivity contribution in [1.82, 2.24) is 5.32 Å². The number of carbonyl (C=O) groups excluding carboxylic acids is 1. The van der Waals surface area contributed by atoms with Gasteiger partial charge >= 0.3 is 0 Å². The van der Waals surface area contributed by atoms with Crippen molar-refractivity contribution in [1.29, 1.82) is 0 Å². The van der Waals surface area contributed by atoms with Crippen LogP contribution >= 0.6 is 0 Å².